The Hall–Kier alpha value is -0.240. The van der Waals surface area contributed by atoms with E-state index in [9.17, 15) is 0 Å². The van der Waals surface area contributed by atoms with E-state index in [4.69, 9.17) is 22.5 Å². The second kappa shape index (κ2) is 6.14. The van der Waals surface area contributed by atoms with Crippen LogP contribution in [0.15, 0.2) is 4.99 Å². The minimum Gasteiger partial charge on any atom is -0.659 e. The Kier molecular flexibility index (Phi) is 4.46. The Labute approximate surface area is 159 Å². The van der Waals surface area contributed by atoms with Crippen molar-refractivity contribution in [2.24, 2.45) is 52.3 Å². The molecule has 0 aromatic heterocycles. The lowest BCUT2D eigenvalue weighted by molar-refractivity contribution is -0.144. The summed E-state index contributed by atoms with van der Waals surface area (Å²) in [5.41, 5.74) is 0.219. The summed E-state index contributed by atoms with van der Waals surface area (Å²) >= 11 is 5.04. The first-order valence-electron chi connectivity index (χ1n) is 10.6. The van der Waals surface area contributed by atoms with Gasteiger partial charge in [0.2, 0.25) is 0 Å². The molecule has 0 radical (unpaired) electrons. The minimum atomic E-state index is 0.0400. The molecule has 0 aromatic carbocycles. The summed E-state index contributed by atoms with van der Waals surface area (Å²) in [7, 11) is 2.08. The van der Waals surface area contributed by atoms with E-state index in [-0.39, 0.29) is 11.1 Å². The first kappa shape index (κ1) is 18.1. The molecule has 0 N–H and O–H groups in total. The molecule has 0 aliphatic heterocycles. The molecule has 4 fully saturated rings. The van der Waals surface area contributed by atoms with Gasteiger partial charge in [-0.05, 0) is 86.8 Å². The van der Waals surface area contributed by atoms with E-state index in [2.05, 4.69) is 39.9 Å². The predicted molar refractivity (Wildman–Crippen MR) is 108 cm³/mol. The molecule has 0 heterocycles. The monoisotopic (exact) mass is 359 g/mol. The van der Waals surface area contributed by atoms with Gasteiger partial charge in [-0.15, -0.1) is 5.54 Å². The van der Waals surface area contributed by atoms with Crippen LogP contribution in [-0.2, 0) is 0 Å². The van der Waals surface area contributed by atoms with Crippen molar-refractivity contribution in [2.45, 2.75) is 77.3 Å². The first-order chi connectivity index (χ1) is 11.9. The van der Waals surface area contributed by atoms with Crippen LogP contribution in [0.25, 0.3) is 5.32 Å². The number of hydrogen-bond acceptors (Lipinski definition) is 2. The third-order valence-corrected chi connectivity index (χ3v) is 9.67. The van der Waals surface area contributed by atoms with E-state index in [1.54, 1.807) is 0 Å². The van der Waals surface area contributed by atoms with Gasteiger partial charge in [-0.3, -0.25) is 0 Å². The average Bonchev–Trinajstić information content (AvgIpc) is 2.58. The van der Waals surface area contributed by atoms with E-state index in [0.29, 0.717) is 5.92 Å². The standard InChI is InChI=1S/C22H35N2S/c1-13-10-15-11-14(2)22(4,23-5)18-7-6-17-20(19(15)18)16(13)8-9-21(17,3)24-12-25/h13-20H,6-11H2,1-5H3/q-1/t13-,14+,15-,16+,17-,18-,19+,20+,21-,22+/m0/s1. The Bertz CT molecular complexity index is 585. The number of thiocarbonyl (C=S) groups is 1. The molecule has 3 heteroatoms. The van der Waals surface area contributed by atoms with Crippen molar-refractivity contribution in [1.82, 2.24) is 0 Å². The lowest BCUT2D eigenvalue weighted by atomic mass is 9.40. The number of nitrogens with zero attached hydrogens (tertiary/aromatic N) is 2. The van der Waals surface area contributed by atoms with Crippen molar-refractivity contribution >= 4 is 17.4 Å². The maximum atomic E-state index is 5.04. The van der Waals surface area contributed by atoms with Gasteiger partial charge in [0.25, 0.3) is 0 Å². The molecule has 0 amide bonds. The van der Waals surface area contributed by atoms with Gasteiger partial charge in [-0.25, -0.2) is 4.99 Å². The van der Waals surface area contributed by atoms with Crippen LogP contribution in [0.3, 0.4) is 0 Å². The highest BCUT2D eigenvalue weighted by molar-refractivity contribution is 7.78. The summed E-state index contributed by atoms with van der Waals surface area (Å²) in [6, 6.07) is 0. The molecule has 10 atom stereocenters. The molecule has 0 saturated heterocycles. The fraction of sp³-hybridized carbons (Fsp3) is 0.955. The molecule has 4 rings (SSSR count). The smallest absolute Gasteiger partial charge is 0.0713 e. The zero-order chi connectivity index (χ0) is 18.0. The van der Waals surface area contributed by atoms with Crippen molar-refractivity contribution in [3.8, 4) is 0 Å². The largest absolute Gasteiger partial charge is 0.659 e. The zero-order valence-electron chi connectivity index (χ0n) is 16.7. The fourth-order valence-electron chi connectivity index (χ4n) is 8.17. The maximum Gasteiger partial charge on any atom is 0.0713 e. The first-order valence-corrected chi connectivity index (χ1v) is 11.0. The second-order valence-corrected chi connectivity index (χ2v) is 10.4. The van der Waals surface area contributed by atoms with Crippen molar-refractivity contribution < 1.29 is 0 Å². The fourth-order valence-corrected chi connectivity index (χ4v) is 8.37. The van der Waals surface area contributed by atoms with E-state index < -0.39 is 0 Å². The van der Waals surface area contributed by atoms with Crippen molar-refractivity contribution in [3.63, 3.8) is 0 Å². The maximum absolute atomic E-state index is 5.04. The third kappa shape index (κ3) is 2.45. The van der Waals surface area contributed by atoms with Crippen molar-refractivity contribution in [2.75, 3.05) is 7.05 Å². The third-order valence-electron chi connectivity index (χ3n) is 9.58. The number of isothiocyanates is 1. The Morgan fingerprint density at radius 1 is 1.04 bits per heavy atom. The quantitative estimate of drug-likeness (QED) is 0.440. The minimum absolute atomic E-state index is 0.0400. The van der Waals surface area contributed by atoms with Crippen LogP contribution in [0.2, 0.25) is 0 Å². The Balaban J connectivity index is 1.77. The normalized spacial score (nSPS) is 57.3. The molecule has 0 bridgehead atoms. The zero-order valence-corrected chi connectivity index (χ0v) is 17.5. The Morgan fingerprint density at radius 3 is 2.44 bits per heavy atom. The highest BCUT2D eigenvalue weighted by Crippen LogP contribution is 2.66. The van der Waals surface area contributed by atoms with Gasteiger partial charge in [0.05, 0.1) is 10.7 Å². The van der Waals surface area contributed by atoms with Crippen LogP contribution in [0.4, 0.5) is 0 Å². The summed E-state index contributed by atoms with van der Waals surface area (Å²) in [6.07, 6.45) is 8.03. The van der Waals surface area contributed by atoms with Crippen molar-refractivity contribution in [3.05, 3.63) is 5.32 Å². The molecule has 0 spiro atoms. The predicted octanol–water partition coefficient (Wildman–Crippen LogP) is 5.97. The summed E-state index contributed by atoms with van der Waals surface area (Å²) < 4.78 is 0. The average molecular weight is 360 g/mol. The van der Waals surface area contributed by atoms with Crippen LogP contribution in [0.5, 0.6) is 0 Å². The summed E-state index contributed by atoms with van der Waals surface area (Å²) in [4.78, 5) is 4.76. The molecule has 4 aliphatic rings. The molecule has 4 saturated carbocycles. The summed E-state index contributed by atoms with van der Waals surface area (Å²) in [5, 5.41) is 7.77. The van der Waals surface area contributed by atoms with Gasteiger partial charge >= 0.3 is 0 Å². The lowest BCUT2D eigenvalue weighted by Crippen LogP contribution is -2.63. The van der Waals surface area contributed by atoms with Crippen LogP contribution in [0, 0.1) is 47.3 Å². The molecule has 25 heavy (non-hydrogen) atoms. The lowest BCUT2D eigenvalue weighted by Gasteiger charge is -2.70. The van der Waals surface area contributed by atoms with Gasteiger partial charge in [-0.2, -0.15) is 7.05 Å². The van der Waals surface area contributed by atoms with Gasteiger partial charge in [0.15, 0.2) is 0 Å². The van der Waals surface area contributed by atoms with Gasteiger partial charge in [0.1, 0.15) is 0 Å². The van der Waals surface area contributed by atoms with Gasteiger partial charge in [-0.1, -0.05) is 39.0 Å². The molecule has 0 aromatic rings. The van der Waals surface area contributed by atoms with E-state index in [1.165, 1.54) is 38.5 Å². The van der Waals surface area contributed by atoms with Crippen LogP contribution < -0.4 is 0 Å². The van der Waals surface area contributed by atoms with Gasteiger partial charge in [0, 0.05) is 0 Å². The molecule has 2 nitrogen and oxygen atoms in total. The van der Waals surface area contributed by atoms with Gasteiger partial charge < -0.3 is 5.32 Å². The number of hydrogen-bond donors (Lipinski definition) is 0. The number of aliphatic imine (C=N–C) groups is 1. The van der Waals surface area contributed by atoms with E-state index >= 15 is 0 Å². The Morgan fingerprint density at radius 2 is 1.76 bits per heavy atom. The molecular weight excluding hydrogens is 324 g/mol. The van der Waals surface area contributed by atoms with E-state index in [0.717, 1.165) is 41.4 Å². The van der Waals surface area contributed by atoms with Crippen molar-refractivity contribution in [1.29, 1.82) is 0 Å². The topological polar surface area (TPSA) is 26.5 Å². The van der Waals surface area contributed by atoms with Crippen LogP contribution in [0.1, 0.15) is 66.2 Å². The molecular formula is C22H35N2S-. The summed E-state index contributed by atoms with van der Waals surface area (Å²) in [6.45, 7) is 9.84. The highest BCUT2D eigenvalue weighted by Gasteiger charge is 2.61. The molecule has 0 unspecified atom stereocenters. The van der Waals surface area contributed by atoms with Crippen LogP contribution in [-0.4, -0.2) is 23.3 Å². The number of rotatable bonds is 2. The van der Waals surface area contributed by atoms with E-state index in [1.807, 2.05) is 0 Å². The molecule has 4 aliphatic carbocycles. The summed E-state index contributed by atoms with van der Waals surface area (Å²) in [5.74, 6) is 6.60. The SMILES string of the molecule is C[N-][C@]1(C)[C@H](C)C[C@@H]2C[C@H](C)[C@H]3CC[C@](C)(N=C=S)[C@H]4CC[C@H]1[C@@H]2[C@H]34. The van der Waals surface area contributed by atoms with Crippen LogP contribution >= 0.6 is 12.2 Å². The highest BCUT2D eigenvalue weighted by atomic mass is 32.1. The second-order valence-electron chi connectivity index (χ2n) is 10.3. The molecule has 140 valence electrons.